The summed E-state index contributed by atoms with van der Waals surface area (Å²) in [5.74, 6) is 0.821. The number of hydrogen-bond donors (Lipinski definition) is 1. The topological polar surface area (TPSA) is 54.6 Å². The van der Waals surface area contributed by atoms with Crippen LogP contribution in [0.15, 0.2) is 54.7 Å². The van der Waals surface area contributed by atoms with Crippen LogP contribution in [0.4, 0.5) is 0 Å². The van der Waals surface area contributed by atoms with Crippen LogP contribution in [0, 0.1) is 0 Å². The quantitative estimate of drug-likeness (QED) is 0.591. The number of hydrogen-bond acceptors (Lipinski definition) is 3. The van der Waals surface area contributed by atoms with Crippen molar-refractivity contribution >= 4 is 16.7 Å². The van der Waals surface area contributed by atoms with Crippen LogP contribution < -0.4 is 4.74 Å². The van der Waals surface area contributed by atoms with Gasteiger partial charge in [-0.2, -0.15) is 0 Å². The molecule has 2 aromatic carbocycles. The van der Waals surface area contributed by atoms with Crippen molar-refractivity contribution in [2.45, 2.75) is 12.2 Å². The molecule has 3 aromatic rings. The average Bonchev–Trinajstić information content (AvgIpc) is 3.26. The fraction of sp³-hybridized carbons (Fsp3) is 0.167. The smallest absolute Gasteiger partial charge is 0.196 e. The van der Waals surface area contributed by atoms with E-state index in [0.717, 1.165) is 22.2 Å². The third kappa shape index (κ3) is 2.09. The number of carbonyl (C=O) groups excluding carboxylic acids is 1. The van der Waals surface area contributed by atoms with Crippen molar-refractivity contribution in [2.24, 2.45) is 0 Å². The molecule has 1 aromatic heterocycles. The number of carbonyl (C=O) groups is 1. The number of Topliss-reactive ketones (excluding diaryl/α,β-unsaturated/α-hetero) is 1. The van der Waals surface area contributed by atoms with Gasteiger partial charge in [0.25, 0.3) is 0 Å². The first-order valence-electron chi connectivity index (χ1n) is 7.17. The zero-order chi connectivity index (χ0) is 15.1. The summed E-state index contributed by atoms with van der Waals surface area (Å²) in [5.41, 5.74) is 2.66. The van der Waals surface area contributed by atoms with Crippen molar-refractivity contribution in [2.75, 3.05) is 7.11 Å². The molecule has 1 N–H and O–H groups in total. The Hall–Kier alpha value is -2.59. The number of H-pyrrole nitrogens is 1. The lowest BCUT2D eigenvalue weighted by atomic mass is 10.0. The number of nitrogens with one attached hydrogen (secondary N) is 1. The minimum absolute atomic E-state index is 0.0262. The number of aromatic amines is 1. The Morgan fingerprint density at radius 3 is 2.68 bits per heavy atom. The lowest BCUT2D eigenvalue weighted by Crippen LogP contribution is -2.07. The van der Waals surface area contributed by atoms with Gasteiger partial charge in [0, 0.05) is 22.7 Å². The van der Waals surface area contributed by atoms with Crippen molar-refractivity contribution < 1.29 is 14.3 Å². The summed E-state index contributed by atoms with van der Waals surface area (Å²) in [5, 5.41) is 0.941. The molecular formula is C18H15NO3. The van der Waals surface area contributed by atoms with Crippen LogP contribution >= 0.6 is 0 Å². The predicted molar refractivity (Wildman–Crippen MR) is 83.2 cm³/mol. The highest BCUT2D eigenvalue weighted by molar-refractivity contribution is 6.11. The molecule has 0 unspecified atom stereocenters. The van der Waals surface area contributed by atoms with Gasteiger partial charge in [-0.3, -0.25) is 4.79 Å². The third-order valence-corrected chi connectivity index (χ3v) is 4.05. The Labute approximate surface area is 127 Å². The summed E-state index contributed by atoms with van der Waals surface area (Å²) in [7, 11) is 1.63. The molecule has 0 bridgehead atoms. The summed E-state index contributed by atoms with van der Waals surface area (Å²) in [4.78, 5) is 15.7. The molecule has 110 valence electrons. The molecule has 2 atom stereocenters. The monoisotopic (exact) mass is 293 g/mol. The summed E-state index contributed by atoms with van der Waals surface area (Å²) in [6.07, 6.45) is 1.21. The molecule has 2 heterocycles. The number of epoxide rings is 1. The molecule has 0 amide bonds. The molecule has 1 aliphatic heterocycles. The van der Waals surface area contributed by atoms with E-state index in [2.05, 4.69) is 4.98 Å². The van der Waals surface area contributed by atoms with Gasteiger partial charge in [0.2, 0.25) is 0 Å². The van der Waals surface area contributed by atoms with E-state index < -0.39 is 6.10 Å². The van der Waals surface area contributed by atoms with Gasteiger partial charge >= 0.3 is 0 Å². The van der Waals surface area contributed by atoms with Crippen molar-refractivity contribution in [3.63, 3.8) is 0 Å². The maximum Gasteiger partial charge on any atom is 0.196 e. The van der Waals surface area contributed by atoms with E-state index in [1.807, 2.05) is 48.5 Å². The highest BCUT2D eigenvalue weighted by atomic mass is 16.6. The van der Waals surface area contributed by atoms with Gasteiger partial charge in [0.15, 0.2) is 11.9 Å². The number of ketones is 1. The second-order valence-corrected chi connectivity index (χ2v) is 5.36. The molecule has 4 nitrogen and oxygen atoms in total. The molecule has 0 spiro atoms. The van der Waals surface area contributed by atoms with Crippen LogP contribution in [0.1, 0.15) is 22.0 Å². The minimum Gasteiger partial charge on any atom is -0.497 e. The first-order chi connectivity index (χ1) is 10.8. The molecule has 0 radical (unpaired) electrons. The number of aromatic nitrogens is 1. The first-order valence-corrected chi connectivity index (χ1v) is 7.17. The third-order valence-electron chi connectivity index (χ3n) is 4.05. The van der Waals surface area contributed by atoms with E-state index in [9.17, 15) is 4.79 Å². The molecule has 1 fully saturated rings. The number of methoxy groups -OCH3 is 1. The number of rotatable bonds is 4. The van der Waals surface area contributed by atoms with Crippen LogP contribution in [-0.4, -0.2) is 24.0 Å². The Kier molecular flexibility index (Phi) is 2.98. The van der Waals surface area contributed by atoms with Crippen LogP contribution in [0.5, 0.6) is 5.75 Å². The van der Waals surface area contributed by atoms with Gasteiger partial charge < -0.3 is 14.5 Å². The van der Waals surface area contributed by atoms with Gasteiger partial charge in [-0.15, -0.1) is 0 Å². The van der Waals surface area contributed by atoms with E-state index in [1.165, 1.54) is 0 Å². The van der Waals surface area contributed by atoms with Crippen molar-refractivity contribution in [3.05, 3.63) is 65.9 Å². The Morgan fingerprint density at radius 1 is 1.14 bits per heavy atom. The van der Waals surface area contributed by atoms with Gasteiger partial charge in [-0.1, -0.05) is 30.3 Å². The summed E-state index contributed by atoms with van der Waals surface area (Å²) >= 11 is 0. The lowest BCUT2D eigenvalue weighted by molar-refractivity contribution is 0.0955. The summed E-state index contributed by atoms with van der Waals surface area (Å²) in [6.45, 7) is 0. The van der Waals surface area contributed by atoms with Crippen molar-refractivity contribution in [1.82, 2.24) is 4.98 Å². The summed E-state index contributed by atoms with van der Waals surface area (Å²) in [6, 6.07) is 15.4. The zero-order valence-electron chi connectivity index (χ0n) is 12.1. The average molecular weight is 293 g/mol. The van der Waals surface area contributed by atoms with E-state index in [0.29, 0.717) is 5.56 Å². The molecular weight excluding hydrogens is 278 g/mol. The largest absolute Gasteiger partial charge is 0.497 e. The van der Waals surface area contributed by atoms with Gasteiger partial charge in [-0.25, -0.2) is 0 Å². The second kappa shape index (κ2) is 5.00. The maximum atomic E-state index is 12.6. The zero-order valence-corrected chi connectivity index (χ0v) is 12.1. The fourth-order valence-electron chi connectivity index (χ4n) is 2.79. The first kappa shape index (κ1) is 13.1. The maximum absolute atomic E-state index is 12.6. The lowest BCUT2D eigenvalue weighted by Gasteiger charge is -2.00. The molecule has 0 aliphatic carbocycles. The van der Waals surface area contributed by atoms with E-state index in [-0.39, 0.29) is 11.9 Å². The van der Waals surface area contributed by atoms with Crippen molar-refractivity contribution in [1.29, 1.82) is 0 Å². The second-order valence-electron chi connectivity index (χ2n) is 5.36. The number of benzene rings is 2. The molecule has 22 heavy (non-hydrogen) atoms. The predicted octanol–water partition coefficient (Wildman–Crippen LogP) is 3.50. The van der Waals surface area contributed by atoms with Crippen LogP contribution in [0.2, 0.25) is 0 Å². The minimum atomic E-state index is -0.396. The van der Waals surface area contributed by atoms with Gasteiger partial charge in [-0.05, 0) is 23.8 Å². The molecule has 4 rings (SSSR count). The Balaban J connectivity index is 1.57. The van der Waals surface area contributed by atoms with E-state index in [1.54, 1.807) is 13.3 Å². The van der Waals surface area contributed by atoms with Crippen LogP contribution in [0.25, 0.3) is 10.9 Å². The Bertz CT molecular complexity index is 835. The number of ether oxygens (including phenoxy) is 2. The van der Waals surface area contributed by atoms with Crippen LogP contribution in [0.3, 0.4) is 0 Å². The van der Waals surface area contributed by atoms with Gasteiger partial charge in [0.1, 0.15) is 11.9 Å². The van der Waals surface area contributed by atoms with Crippen molar-refractivity contribution in [3.8, 4) is 5.75 Å². The van der Waals surface area contributed by atoms with Gasteiger partial charge in [0.05, 0.1) is 7.11 Å². The highest BCUT2D eigenvalue weighted by Gasteiger charge is 2.46. The van der Waals surface area contributed by atoms with E-state index >= 15 is 0 Å². The normalized spacial score (nSPS) is 20.0. The number of fused-ring (bicyclic) bond motifs is 1. The fourth-order valence-corrected chi connectivity index (χ4v) is 2.79. The number of para-hydroxylation sites is 1. The molecule has 4 heteroatoms. The van der Waals surface area contributed by atoms with E-state index in [4.69, 9.17) is 9.47 Å². The SMILES string of the molecule is COc1ccc([C@H]2O[C@H]2C(=O)c2c[nH]c3ccccc23)cc1. The Morgan fingerprint density at radius 2 is 1.91 bits per heavy atom. The summed E-state index contributed by atoms with van der Waals surface area (Å²) < 4.78 is 10.7. The van der Waals surface area contributed by atoms with Crippen LogP contribution in [-0.2, 0) is 4.74 Å². The molecule has 1 saturated heterocycles. The molecule has 1 aliphatic rings. The highest BCUT2D eigenvalue weighted by Crippen LogP contribution is 2.41. The molecule has 0 saturated carbocycles. The standard InChI is InChI=1S/C18H15NO3/c1-21-12-8-6-11(7-9-12)17-18(22-17)16(20)14-10-19-15-5-3-2-4-13(14)15/h2-10,17-19H,1H3/t17-,18+/m1/s1.